The van der Waals surface area contributed by atoms with Gasteiger partial charge >= 0.3 is 5.97 Å². The fourth-order valence-corrected chi connectivity index (χ4v) is 2.92. The molecule has 0 aliphatic heterocycles. The maximum absolute atomic E-state index is 11.2. The lowest BCUT2D eigenvalue weighted by Crippen LogP contribution is -2.08. The molecule has 3 aromatic carbocycles. The summed E-state index contributed by atoms with van der Waals surface area (Å²) >= 11 is 0. The first kappa shape index (κ1) is 18.3. The van der Waals surface area contributed by atoms with Gasteiger partial charge in [0.25, 0.3) is 0 Å². The number of furan rings is 1. The van der Waals surface area contributed by atoms with Crippen LogP contribution in [0.15, 0.2) is 107 Å². The third-order valence-corrected chi connectivity index (χ3v) is 4.32. The van der Waals surface area contributed by atoms with Gasteiger partial charge in [-0.2, -0.15) is 5.10 Å². The van der Waals surface area contributed by atoms with Crippen LogP contribution in [-0.2, 0) is 0 Å². The van der Waals surface area contributed by atoms with E-state index >= 15 is 0 Å². The average Bonchev–Trinajstić information content (AvgIpc) is 3.25. The van der Waals surface area contributed by atoms with Crippen LogP contribution in [0.1, 0.15) is 16.1 Å². The van der Waals surface area contributed by atoms with Crippen LogP contribution < -0.4 is 5.01 Å². The number of hydrogen-bond acceptors (Lipinski definition) is 4. The lowest BCUT2D eigenvalue weighted by molar-refractivity contribution is 0.0697. The summed E-state index contributed by atoms with van der Waals surface area (Å²) in [6.07, 6.45) is 1.64. The molecule has 142 valence electrons. The zero-order valence-electron chi connectivity index (χ0n) is 15.5. The van der Waals surface area contributed by atoms with E-state index in [1.165, 1.54) is 0 Å². The Bertz CT molecular complexity index is 1100. The summed E-state index contributed by atoms with van der Waals surface area (Å²) in [6.45, 7) is 0. The van der Waals surface area contributed by atoms with Gasteiger partial charge in [0.05, 0.1) is 23.2 Å². The van der Waals surface area contributed by atoms with Crippen molar-refractivity contribution >= 4 is 23.6 Å². The molecule has 1 N–H and O–H groups in total. The van der Waals surface area contributed by atoms with E-state index in [9.17, 15) is 4.79 Å². The molecule has 29 heavy (non-hydrogen) atoms. The fraction of sp³-hybridized carbons (Fsp3) is 0. The van der Waals surface area contributed by atoms with Gasteiger partial charge in [-0.3, -0.25) is 0 Å². The molecule has 4 rings (SSSR count). The van der Waals surface area contributed by atoms with Crippen molar-refractivity contribution in [3.05, 3.63) is 108 Å². The monoisotopic (exact) mass is 382 g/mol. The quantitative estimate of drug-likeness (QED) is 0.337. The van der Waals surface area contributed by atoms with E-state index < -0.39 is 5.97 Å². The molecule has 4 aromatic rings. The molecule has 0 radical (unpaired) electrons. The molecule has 0 aliphatic carbocycles. The number of carbonyl (C=O) groups is 1. The van der Waals surface area contributed by atoms with Gasteiger partial charge in [-0.15, -0.1) is 0 Å². The highest BCUT2D eigenvalue weighted by molar-refractivity contribution is 5.89. The highest BCUT2D eigenvalue weighted by Gasteiger charge is 2.09. The van der Waals surface area contributed by atoms with Crippen LogP contribution in [-0.4, -0.2) is 17.3 Å². The predicted octanol–water partition coefficient (Wildman–Crippen LogP) is 5.82. The maximum Gasteiger partial charge on any atom is 0.335 e. The number of anilines is 2. The minimum Gasteiger partial charge on any atom is -0.478 e. The van der Waals surface area contributed by atoms with Gasteiger partial charge < -0.3 is 9.52 Å². The molecular weight excluding hydrogens is 364 g/mol. The van der Waals surface area contributed by atoms with Crippen LogP contribution >= 0.6 is 0 Å². The molecule has 5 nitrogen and oxygen atoms in total. The maximum atomic E-state index is 11.2. The van der Waals surface area contributed by atoms with Gasteiger partial charge in [-0.1, -0.05) is 48.5 Å². The summed E-state index contributed by atoms with van der Waals surface area (Å²) in [7, 11) is 0. The van der Waals surface area contributed by atoms with Crippen molar-refractivity contribution in [1.82, 2.24) is 0 Å². The van der Waals surface area contributed by atoms with Gasteiger partial charge in [0.2, 0.25) is 0 Å². The second-order valence-corrected chi connectivity index (χ2v) is 6.32. The molecule has 1 heterocycles. The minimum absolute atomic E-state index is 0.216. The summed E-state index contributed by atoms with van der Waals surface area (Å²) in [5.41, 5.74) is 2.77. The molecule has 1 aromatic heterocycles. The van der Waals surface area contributed by atoms with Crippen LogP contribution in [0.25, 0.3) is 11.3 Å². The van der Waals surface area contributed by atoms with Crippen molar-refractivity contribution in [2.75, 3.05) is 5.01 Å². The van der Waals surface area contributed by atoms with Gasteiger partial charge in [0.15, 0.2) is 0 Å². The third kappa shape index (κ3) is 4.25. The molecule has 0 saturated heterocycles. The summed E-state index contributed by atoms with van der Waals surface area (Å²) in [4.78, 5) is 11.2. The Kier molecular flexibility index (Phi) is 5.21. The Morgan fingerprint density at radius 2 is 1.48 bits per heavy atom. The van der Waals surface area contributed by atoms with Crippen molar-refractivity contribution in [2.24, 2.45) is 5.10 Å². The van der Waals surface area contributed by atoms with Crippen LogP contribution in [0.2, 0.25) is 0 Å². The van der Waals surface area contributed by atoms with Crippen molar-refractivity contribution < 1.29 is 14.3 Å². The molecule has 0 amide bonds. The largest absolute Gasteiger partial charge is 0.478 e. The zero-order chi connectivity index (χ0) is 20.1. The molecule has 0 unspecified atom stereocenters. The van der Waals surface area contributed by atoms with E-state index in [2.05, 4.69) is 5.10 Å². The van der Waals surface area contributed by atoms with E-state index in [0.29, 0.717) is 17.1 Å². The first-order valence-electron chi connectivity index (χ1n) is 9.08. The summed E-state index contributed by atoms with van der Waals surface area (Å²) in [6, 6.07) is 29.9. The van der Waals surface area contributed by atoms with Gasteiger partial charge in [-0.25, -0.2) is 9.80 Å². The number of rotatable bonds is 6. The molecule has 0 aliphatic rings. The second kappa shape index (κ2) is 8.27. The van der Waals surface area contributed by atoms with Crippen molar-refractivity contribution in [2.45, 2.75) is 0 Å². The average molecular weight is 382 g/mol. The zero-order valence-corrected chi connectivity index (χ0v) is 15.5. The van der Waals surface area contributed by atoms with Crippen molar-refractivity contribution in [1.29, 1.82) is 0 Å². The lowest BCUT2D eigenvalue weighted by atomic mass is 10.1. The molecule has 0 spiro atoms. The summed E-state index contributed by atoms with van der Waals surface area (Å²) in [5, 5.41) is 15.6. The Balaban J connectivity index is 1.62. The molecule has 0 fully saturated rings. The molecule has 0 atom stereocenters. The predicted molar refractivity (Wildman–Crippen MR) is 114 cm³/mol. The number of aromatic carboxylic acids is 1. The van der Waals surface area contributed by atoms with E-state index in [1.54, 1.807) is 36.5 Å². The topological polar surface area (TPSA) is 66.0 Å². The number of benzene rings is 3. The van der Waals surface area contributed by atoms with E-state index in [0.717, 1.165) is 11.4 Å². The first-order valence-corrected chi connectivity index (χ1v) is 9.08. The Morgan fingerprint density at radius 1 is 0.828 bits per heavy atom. The SMILES string of the molecule is O=C(O)c1cccc(-c2ccc(/C=N/N(c3ccccc3)c3ccccc3)o2)c1. The number of para-hydroxylation sites is 2. The number of carboxylic acids is 1. The molecule has 0 bridgehead atoms. The third-order valence-electron chi connectivity index (χ3n) is 4.32. The number of nitrogens with zero attached hydrogens (tertiary/aromatic N) is 2. The number of hydrazone groups is 1. The Morgan fingerprint density at radius 3 is 2.10 bits per heavy atom. The summed E-state index contributed by atoms with van der Waals surface area (Å²) < 4.78 is 5.86. The van der Waals surface area contributed by atoms with Crippen LogP contribution in [0, 0.1) is 0 Å². The van der Waals surface area contributed by atoms with E-state index in [-0.39, 0.29) is 5.56 Å². The van der Waals surface area contributed by atoms with E-state index in [1.807, 2.05) is 71.7 Å². The second-order valence-electron chi connectivity index (χ2n) is 6.32. The highest BCUT2D eigenvalue weighted by Crippen LogP contribution is 2.26. The highest BCUT2D eigenvalue weighted by atomic mass is 16.4. The molecular formula is C24H18N2O3. The van der Waals surface area contributed by atoms with Gasteiger partial charge in [-0.05, 0) is 48.5 Å². The minimum atomic E-state index is -0.971. The normalized spacial score (nSPS) is 10.9. The van der Waals surface area contributed by atoms with Crippen molar-refractivity contribution in [3.63, 3.8) is 0 Å². The van der Waals surface area contributed by atoms with E-state index in [4.69, 9.17) is 9.52 Å². The van der Waals surface area contributed by atoms with Crippen LogP contribution in [0.4, 0.5) is 11.4 Å². The van der Waals surface area contributed by atoms with Crippen LogP contribution in [0.5, 0.6) is 0 Å². The Hall–Kier alpha value is -4.12. The van der Waals surface area contributed by atoms with Gasteiger partial charge in [0, 0.05) is 5.56 Å². The fourth-order valence-electron chi connectivity index (χ4n) is 2.92. The smallest absolute Gasteiger partial charge is 0.335 e. The number of hydrogen-bond donors (Lipinski definition) is 1. The summed E-state index contributed by atoms with van der Waals surface area (Å²) in [5.74, 6) is 0.180. The first-order chi connectivity index (χ1) is 14.2. The molecule has 0 saturated carbocycles. The van der Waals surface area contributed by atoms with Crippen molar-refractivity contribution in [3.8, 4) is 11.3 Å². The Labute approximate surface area is 168 Å². The van der Waals surface area contributed by atoms with Gasteiger partial charge in [0.1, 0.15) is 11.5 Å². The molecule has 5 heteroatoms. The number of carboxylic acid groups (broad SMARTS) is 1. The standard InChI is InChI=1S/C24H18N2O3/c27-24(28)19-9-7-8-18(16-19)23-15-14-22(29-23)17-25-26(20-10-3-1-4-11-20)21-12-5-2-6-13-21/h1-17H,(H,27,28)/b25-17+. The van der Waals surface area contributed by atoms with Crippen LogP contribution in [0.3, 0.4) is 0 Å². The lowest BCUT2D eigenvalue weighted by Gasteiger charge is -2.18.